The van der Waals surface area contributed by atoms with Gasteiger partial charge in [-0.1, -0.05) is 6.42 Å². The standard InChI is InChI=1S/C24H36N4O2/c29-24(28-14-12-27(13-15-28)22-2-1-3-22)19-6-8-20(9-7-19)26-21-10-11-23(25-16-21)30-17-18-4-5-18/h10-11,16,18-20,22,26H,1-9,12-15,17H2. The van der Waals surface area contributed by atoms with Crippen molar-refractivity contribution in [2.75, 3.05) is 38.1 Å². The summed E-state index contributed by atoms with van der Waals surface area (Å²) in [6.45, 7) is 4.79. The number of hydrogen-bond acceptors (Lipinski definition) is 5. The first-order valence-corrected chi connectivity index (χ1v) is 12.1. The molecule has 6 heteroatoms. The summed E-state index contributed by atoms with van der Waals surface area (Å²) in [4.78, 5) is 22.2. The first-order valence-electron chi connectivity index (χ1n) is 12.1. The lowest BCUT2D eigenvalue weighted by Gasteiger charge is -2.44. The van der Waals surface area contributed by atoms with Gasteiger partial charge in [-0.15, -0.1) is 0 Å². The van der Waals surface area contributed by atoms with Crippen molar-refractivity contribution in [3.63, 3.8) is 0 Å². The van der Waals surface area contributed by atoms with Crippen LogP contribution in [0.5, 0.6) is 5.88 Å². The number of carbonyl (C=O) groups is 1. The molecule has 1 amide bonds. The number of piperazine rings is 1. The lowest BCUT2D eigenvalue weighted by molar-refractivity contribution is -0.139. The van der Waals surface area contributed by atoms with Crippen LogP contribution < -0.4 is 10.1 Å². The molecule has 1 saturated heterocycles. The van der Waals surface area contributed by atoms with Crippen molar-refractivity contribution in [1.82, 2.24) is 14.8 Å². The smallest absolute Gasteiger partial charge is 0.225 e. The van der Waals surface area contributed by atoms with Crippen molar-refractivity contribution in [2.45, 2.75) is 69.9 Å². The number of carbonyl (C=O) groups excluding carboxylic acids is 1. The van der Waals surface area contributed by atoms with Crippen molar-refractivity contribution in [2.24, 2.45) is 11.8 Å². The van der Waals surface area contributed by atoms with Gasteiger partial charge in [0.05, 0.1) is 18.5 Å². The maximum absolute atomic E-state index is 13.0. The molecule has 0 bridgehead atoms. The molecular weight excluding hydrogens is 376 g/mol. The summed E-state index contributed by atoms with van der Waals surface area (Å²) < 4.78 is 5.72. The number of amides is 1. The molecule has 1 aromatic heterocycles. The highest BCUT2D eigenvalue weighted by molar-refractivity contribution is 5.79. The second-order valence-corrected chi connectivity index (χ2v) is 9.78. The molecule has 6 nitrogen and oxygen atoms in total. The van der Waals surface area contributed by atoms with E-state index in [9.17, 15) is 4.79 Å². The summed E-state index contributed by atoms with van der Waals surface area (Å²) >= 11 is 0. The fourth-order valence-electron chi connectivity index (χ4n) is 5.08. The van der Waals surface area contributed by atoms with E-state index in [1.165, 1.54) is 32.1 Å². The molecule has 30 heavy (non-hydrogen) atoms. The molecule has 3 aliphatic carbocycles. The van der Waals surface area contributed by atoms with Crippen molar-refractivity contribution in [1.29, 1.82) is 0 Å². The van der Waals surface area contributed by atoms with E-state index >= 15 is 0 Å². The Labute approximate surface area is 180 Å². The Bertz CT molecular complexity index is 700. The fourth-order valence-corrected chi connectivity index (χ4v) is 5.08. The Hall–Kier alpha value is -1.82. The van der Waals surface area contributed by atoms with Gasteiger partial charge in [0.1, 0.15) is 0 Å². The molecule has 0 aromatic carbocycles. The van der Waals surface area contributed by atoms with E-state index < -0.39 is 0 Å². The van der Waals surface area contributed by atoms with Crippen LogP contribution in [0, 0.1) is 11.8 Å². The van der Waals surface area contributed by atoms with Crippen molar-refractivity contribution >= 4 is 11.6 Å². The SMILES string of the molecule is O=C(C1CCC(Nc2ccc(OCC3CC3)nc2)CC1)N1CCN(C2CCC2)CC1. The molecule has 164 valence electrons. The molecule has 4 aliphatic rings. The first-order chi connectivity index (χ1) is 14.7. The number of pyridine rings is 1. The molecule has 3 saturated carbocycles. The fraction of sp³-hybridized carbons (Fsp3) is 0.750. The summed E-state index contributed by atoms with van der Waals surface area (Å²) in [5, 5.41) is 3.61. The third kappa shape index (κ3) is 4.90. The van der Waals surface area contributed by atoms with E-state index in [1.54, 1.807) is 0 Å². The molecule has 0 unspecified atom stereocenters. The zero-order valence-electron chi connectivity index (χ0n) is 18.1. The highest BCUT2D eigenvalue weighted by Gasteiger charge is 2.33. The number of anilines is 1. The summed E-state index contributed by atoms with van der Waals surface area (Å²) in [7, 11) is 0. The molecule has 1 aromatic rings. The van der Waals surface area contributed by atoms with Crippen LogP contribution in [-0.2, 0) is 4.79 Å². The van der Waals surface area contributed by atoms with Crippen LogP contribution in [0.1, 0.15) is 57.8 Å². The Morgan fingerprint density at radius 1 is 1.00 bits per heavy atom. The average Bonchev–Trinajstić information content (AvgIpc) is 3.57. The van der Waals surface area contributed by atoms with Gasteiger partial charge in [0.25, 0.3) is 0 Å². The quantitative estimate of drug-likeness (QED) is 0.742. The number of aromatic nitrogens is 1. The molecular formula is C24H36N4O2. The van der Waals surface area contributed by atoms with Gasteiger partial charge in [0, 0.05) is 50.2 Å². The largest absolute Gasteiger partial charge is 0.477 e. The molecule has 5 rings (SSSR count). The van der Waals surface area contributed by atoms with Crippen molar-refractivity contribution in [3.8, 4) is 5.88 Å². The van der Waals surface area contributed by atoms with E-state index in [4.69, 9.17) is 4.74 Å². The van der Waals surface area contributed by atoms with Gasteiger partial charge in [-0.25, -0.2) is 4.98 Å². The number of rotatable bonds is 7. The monoisotopic (exact) mass is 412 g/mol. The lowest BCUT2D eigenvalue weighted by atomic mass is 9.85. The van der Waals surface area contributed by atoms with Crippen LogP contribution in [0.2, 0.25) is 0 Å². The molecule has 2 heterocycles. The average molecular weight is 413 g/mol. The predicted molar refractivity (Wildman–Crippen MR) is 118 cm³/mol. The Kier molecular flexibility index (Phi) is 6.12. The molecule has 0 atom stereocenters. The zero-order chi connectivity index (χ0) is 20.3. The van der Waals surface area contributed by atoms with Gasteiger partial charge in [0.15, 0.2) is 0 Å². The normalized spacial score (nSPS) is 28.1. The minimum absolute atomic E-state index is 0.217. The van der Waals surface area contributed by atoms with Gasteiger partial charge in [-0.05, 0) is 63.4 Å². The van der Waals surface area contributed by atoms with E-state index in [0.29, 0.717) is 11.9 Å². The number of nitrogens with one attached hydrogen (secondary N) is 1. The molecule has 1 N–H and O–H groups in total. The maximum Gasteiger partial charge on any atom is 0.225 e. The number of ether oxygens (including phenoxy) is 1. The van der Waals surface area contributed by atoms with Crippen LogP contribution in [-0.4, -0.2) is 65.6 Å². The van der Waals surface area contributed by atoms with Crippen molar-refractivity contribution < 1.29 is 9.53 Å². The highest BCUT2D eigenvalue weighted by atomic mass is 16.5. The van der Waals surface area contributed by atoms with Gasteiger partial charge in [0.2, 0.25) is 11.8 Å². The third-order valence-electron chi connectivity index (χ3n) is 7.56. The first kappa shape index (κ1) is 20.1. The van der Waals surface area contributed by atoms with E-state index in [-0.39, 0.29) is 5.92 Å². The van der Waals surface area contributed by atoms with Gasteiger partial charge in [-0.2, -0.15) is 0 Å². The van der Waals surface area contributed by atoms with Crippen molar-refractivity contribution in [3.05, 3.63) is 18.3 Å². The maximum atomic E-state index is 13.0. The van der Waals surface area contributed by atoms with Crippen LogP contribution in [0.3, 0.4) is 0 Å². The molecule has 1 aliphatic heterocycles. The van der Waals surface area contributed by atoms with E-state index in [2.05, 4.69) is 26.2 Å². The second kappa shape index (κ2) is 9.13. The lowest BCUT2D eigenvalue weighted by Crippen LogP contribution is -2.54. The molecule has 4 fully saturated rings. The summed E-state index contributed by atoms with van der Waals surface area (Å²) in [6, 6.07) is 5.26. The third-order valence-corrected chi connectivity index (χ3v) is 7.56. The van der Waals surface area contributed by atoms with Crippen LogP contribution in [0.25, 0.3) is 0 Å². The van der Waals surface area contributed by atoms with E-state index in [1.807, 2.05) is 12.3 Å². The minimum Gasteiger partial charge on any atom is -0.477 e. The van der Waals surface area contributed by atoms with Gasteiger partial charge >= 0.3 is 0 Å². The Balaban J connectivity index is 1.03. The molecule has 0 radical (unpaired) electrons. The van der Waals surface area contributed by atoms with Gasteiger partial charge in [-0.3, -0.25) is 9.69 Å². The topological polar surface area (TPSA) is 57.7 Å². The zero-order valence-corrected chi connectivity index (χ0v) is 18.1. The number of nitrogens with zero attached hydrogens (tertiary/aromatic N) is 3. The van der Waals surface area contributed by atoms with E-state index in [0.717, 1.165) is 82.0 Å². The van der Waals surface area contributed by atoms with Gasteiger partial charge < -0.3 is 15.0 Å². The summed E-state index contributed by atoms with van der Waals surface area (Å²) in [5.41, 5.74) is 1.05. The Morgan fingerprint density at radius 3 is 2.37 bits per heavy atom. The minimum atomic E-state index is 0.217. The summed E-state index contributed by atoms with van der Waals surface area (Å²) in [6.07, 6.45) is 12.7. The number of hydrogen-bond donors (Lipinski definition) is 1. The van der Waals surface area contributed by atoms with Crippen LogP contribution in [0.4, 0.5) is 5.69 Å². The van der Waals surface area contributed by atoms with Crippen LogP contribution in [0.15, 0.2) is 18.3 Å². The Morgan fingerprint density at radius 2 is 1.77 bits per heavy atom. The molecule has 0 spiro atoms. The second-order valence-electron chi connectivity index (χ2n) is 9.78. The summed E-state index contributed by atoms with van der Waals surface area (Å²) in [5.74, 6) is 2.09. The highest BCUT2D eigenvalue weighted by Crippen LogP contribution is 2.31. The van der Waals surface area contributed by atoms with Crippen LogP contribution >= 0.6 is 0 Å². The predicted octanol–water partition coefficient (Wildman–Crippen LogP) is 3.54.